The van der Waals surface area contributed by atoms with Crippen LogP contribution in [0.2, 0.25) is 0 Å². The summed E-state index contributed by atoms with van der Waals surface area (Å²) in [4.78, 5) is 54.2. The number of esters is 4. The summed E-state index contributed by atoms with van der Waals surface area (Å²) in [6.07, 6.45) is -3.99. The van der Waals surface area contributed by atoms with Gasteiger partial charge in [0.05, 0.1) is 35.5 Å². The number of hydrogen-bond acceptors (Lipinski definition) is 10. The summed E-state index contributed by atoms with van der Waals surface area (Å²) in [6, 6.07) is 42.4. The zero-order valence-electron chi connectivity index (χ0n) is 28.1. The van der Waals surface area contributed by atoms with Crippen molar-refractivity contribution >= 4 is 23.9 Å². The van der Waals surface area contributed by atoms with Gasteiger partial charge < -0.3 is 28.4 Å². The van der Waals surface area contributed by atoms with E-state index >= 15 is 0 Å². The molecule has 5 aromatic rings. The van der Waals surface area contributed by atoms with E-state index in [-0.39, 0.29) is 35.5 Å². The van der Waals surface area contributed by atoms with E-state index in [9.17, 15) is 19.2 Å². The van der Waals surface area contributed by atoms with Gasteiger partial charge in [-0.15, -0.1) is 0 Å². The van der Waals surface area contributed by atoms with Gasteiger partial charge in [-0.1, -0.05) is 103 Å². The standard InChI is InChI=1S/C42H36O10/c43-38(31-18-8-2-9-19-31)47-29-42(48-27-26-30-16-6-1-7-17-30)37(52-41(46)34-24-14-5-15-25-34)36(51-40(45)33-22-12-4-13-23-33)35(28-49-42)50-39(44)32-20-10-3-11-21-32/h1-25,35-37H,26-29H2/t35-,36-,37+,42-/m1/s1. The SMILES string of the molecule is O=C(OC[C@@]1(OCCc2ccccc2)OC[C@@H](OC(=O)c2ccccc2)[C@@H](OC(=O)c2ccccc2)[C@@H]1OC(=O)c1ccccc1)c1ccccc1. The minimum absolute atomic E-state index is 0.0140. The highest BCUT2D eigenvalue weighted by Crippen LogP contribution is 2.36. The van der Waals surface area contributed by atoms with Gasteiger partial charge in [-0.3, -0.25) is 0 Å². The molecule has 1 aliphatic heterocycles. The summed E-state index contributed by atoms with van der Waals surface area (Å²) in [6.45, 7) is -0.944. The van der Waals surface area contributed by atoms with E-state index in [2.05, 4.69) is 0 Å². The van der Waals surface area contributed by atoms with Crippen molar-refractivity contribution in [2.45, 2.75) is 30.5 Å². The predicted molar refractivity (Wildman–Crippen MR) is 188 cm³/mol. The van der Waals surface area contributed by atoms with Gasteiger partial charge in [0.1, 0.15) is 6.61 Å². The molecule has 52 heavy (non-hydrogen) atoms. The van der Waals surface area contributed by atoms with Crippen LogP contribution >= 0.6 is 0 Å². The van der Waals surface area contributed by atoms with Crippen molar-refractivity contribution in [2.24, 2.45) is 0 Å². The third-order valence-corrected chi connectivity index (χ3v) is 8.35. The zero-order chi connectivity index (χ0) is 36.2. The molecule has 0 spiro atoms. The third kappa shape index (κ3) is 8.97. The van der Waals surface area contributed by atoms with Crippen molar-refractivity contribution in [1.29, 1.82) is 0 Å². The normalized spacial score (nSPS) is 19.5. The lowest BCUT2D eigenvalue weighted by molar-refractivity contribution is -0.345. The molecule has 0 radical (unpaired) electrons. The minimum Gasteiger partial charge on any atom is -0.456 e. The third-order valence-electron chi connectivity index (χ3n) is 8.35. The number of hydrogen-bond donors (Lipinski definition) is 0. The Morgan fingerprint density at radius 1 is 0.538 bits per heavy atom. The molecular formula is C42H36O10. The number of carbonyl (C=O) groups excluding carboxylic acids is 4. The van der Waals surface area contributed by atoms with Gasteiger partial charge in [0.25, 0.3) is 0 Å². The molecule has 6 rings (SSSR count). The van der Waals surface area contributed by atoms with Crippen LogP contribution in [0.15, 0.2) is 152 Å². The second kappa shape index (κ2) is 17.2. The molecule has 10 nitrogen and oxygen atoms in total. The minimum atomic E-state index is -2.03. The summed E-state index contributed by atoms with van der Waals surface area (Å²) in [5, 5.41) is 0. The topological polar surface area (TPSA) is 124 Å². The Kier molecular flexibility index (Phi) is 11.8. The number of benzene rings is 5. The van der Waals surface area contributed by atoms with Crippen LogP contribution in [0, 0.1) is 0 Å². The molecule has 10 heteroatoms. The highest BCUT2D eigenvalue weighted by molar-refractivity contribution is 5.91. The monoisotopic (exact) mass is 700 g/mol. The summed E-state index contributed by atoms with van der Waals surface area (Å²) < 4.78 is 36.8. The van der Waals surface area contributed by atoms with Crippen LogP contribution in [0.5, 0.6) is 0 Å². The van der Waals surface area contributed by atoms with E-state index < -0.39 is 54.6 Å². The number of carbonyl (C=O) groups is 4. The Labute approximate surface area is 300 Å². The van der Waals surface area contributed by atoms with E-state index in [4.69, 9.17) is 28.4 Å². The Bertz CT molecular complexity index is 1920. The number of ether oxygens (including phenoxy) is 6. The molecule has 0 aliphatic carbocycles. The lowest BCUT2D eigenvalue weighted by Crippen LogP contribution is -2.67. The van der Waals surface area contributed by atoms with Gasteiger partial charge in [0.2, 0.25) is 5.79 Å². The Morgan fingerprint density at radius 3 is 1.46 bits per heavy atom. The van der Waals surface area contributed by atoms with Gasteiger partial charge in [-0.25, -0.2) is 19.2 Å². The van der Waals surface area contributed by atoms with Crippen LogP contribution in [0.1, 0.15) is 47.0 Å². The summed E-state index contributed by atoms with van der Waals surface area (Å²) in [5.74, 6) is -5.04. The van der Waals surface area contributed by atoms with Crippen LogP contribution in [0.4, 0.5) is 0 Å². The smallest absolute Gasteiger partial charge is 0.338 e. The number of rotatable bonds is 13. The Balaban J connectivity index is 1.40. The first-order valence-corrected chi connectivity index (χ1v) is 16.7. The molecule has 0 amide bonds. The molecule has 4 atom stereocenters. The first kappa shape index (κ1) is 35.7. The zero-order valence-corrected chi connectivity index (χ0v) is 28.1. The molecule has 0 saturated carbocycles. The summed E-state index contributed by atoms with van der Waals surface area (Å²) in [5.41, 5.74) is 1.81. The molecule has 0 aromatic heterocycles. The van der Waals surface area contributed by atoms with Crippen LogP contribution in [-0.2, 0) is 34.8 Å². The van der Waals surface area contributed by atoms with Crippen molar-refractivity contribution in [1.82, 2.24) is 0 Å². The van der Waals surface area contributed by atoms with Crippen molar-refractivity contribution in [3.63, 3.8) is 0 Å². The quantitative estimate of drug-likeness (QED) is 0.0993. The molecule has 1 saturated heterocycles. The van der Waals surface area contributed by atoms with Crippen molar-refractivity contribution in [2.75, 3.05) is 19.8 Å². The van der Waals surface area contributed by atoms with Gasteiger partial charge >= 0.3 is 23.9 Å². The second-order valence-corrected chi connectivity index (χ2v) is 11.9. The fraction of sp³-hybridized carbons (Fsp3) is 0.190. The predicted octanol–water partition coefficient (Wildman–Crippen LogP) is 6.51. The van der Waals surface area contributed by atoms with Gasteiger partial charge in [-0.2, -0.15) is 0 Å². The van der Waals surface area contributed by atoms with Gasteiger partial charge in [0.15, 0.2) is 18.3 Å². The van der Waals surface area contributed by atoms with E-state index in [1.54, 1.807) is 121 Å². The van der Waals surface area contributed by atoms with Crippen LogP contribution in [-0.4, -0.2) is 67.8 Å². The van der Waals surface area contributed by atoms with Crippen LogP contribution < -0.4 is 0 Å². The molecule has 1 heterocycles. The molecule has 1 fully saturated rings. The van der Waals surface area contributed by atoms with E-state index in [1.807, 2.05) is 30.3 Å². The summed E-state index contributed by atoms with van der Waals surface area (Å²) >= 11 is 0. The van der Waals surface area contributed by atoms with E-state index in [0.717, 1.165) is 5.56 Å². The molecule has 0 bridgehead atoms. The van der Waals surface area contributed by atoms with Crippen molar-refractivity contribution in [3.8, 4) is 0 Å². The lowest BCUT2D eigenvalue weighted by Gasteiger charge is -2.47. The Morgan fingerprint density at radius 2 is 0.962 bits per heavy atom. The highest BCUT2D eigenvalue weighted by atomic mass is 16.8. The highest BCUT2D eigenvalue weighted by Gasteiger charge is 2.58. The molecule has 1 aliphatic rings. The maximum atomic E-state index is 13.8. The average molecular weight is 701 g/mol. The first-order valence-electron chi connectivity index (χ1n) is 16.7. The lowest BCUT2D eigenvalue weighted by atomic mass is 9.95. The molecule has 0 N–H and O–H groups in total. The summed E-state index contributed by atoms with van der Waals surface area (Å²) in [7, 11) is 0. The van der Waals surface area contributed by atoms with Gasteiger partial charge in [-0.05, 0) is 60.5 Å². The average Bonchev–Trinajstić information content (AvgIpc) is 3.20. The fourth-order valence-electron chi connectivity index (χ4n) is 5.64. The maximum Gasteiger partial charge on any atom is 0.338 e. The molecular weight excluding hydrogens is 664 g/mol. The van der Waals surface area contributed by atoms with E-state index in [0.29, 0.717) is 6.42 Å². The van der Waals surface area contributed by atoms with Crippen LogP contribution in [0.3, 0.4) is 0 Å². The first-order chi connectivity index (χ1) is 25.4. The fourth-order valence-corrected chi connectivity index (χ4v) is 5.64. The molecule has 264 valence electrons. The largest absolute Gasteiger partial charge is 0.456 e. The van der Waals surface area contributed by atoms with Crippen molar-refractivity contribution < 1.29 is 47.6 Å². The van der Waals surface area contributed by atoms with Crippen molar-refractivity contribution in [3.05, 3.63) is 179 Å². The Hall–Kier alpha value is -6.10. The second-order valence-electron chi connectivity index (χ2n) is 11.9. The van der Waals surface area contributed by atoms with Crippen LogP contribution in [0.25, 0.3) is 0 Å². The molecule has 0 unspecified atom stereocenters. The van der Waals surface area contributed by atoms with Gasteiger partial charge in [0, 0.05) is 0 Å². The maximum absolute atomic E-state index is 13.8. The molecule has 5 aromatic carbocycles. The van der Waals surface area contributed by atoms with E-state index in [1.165, 1.54) is 0 Å².